The number of nitro groups is 1. The van der Waals surface area contributed by atoms with Crippen LogP contribution in [0.15, 0.2) is 78.0 Å². The largest absolute Gasteiger partial charge is 0.345 e. The zero-order chi connectivity index (χ0) is 24.1. The van der Waals surface area contributed by atoms with Crippen molar-refractivity contribution >= 4 is 23.4 Å². The minimum absolute atomic E-state index is 0.000318. The summed E-state index contributed by atoms with van der Waals surface area (Å²) in [5.74, 6) is 1.02. The zero-order valence-electron chi connectivity index (χ0n) is 18.8. The average molecular weight is 474 g/mol. The van der Waals surface area contributed by atoms with E-state index in [0.717, 1.165) is 5.56 Å². The predicted octanol–water partition coefficient (Wildman–Crippen LogP) is 5.01. The molecule has 0 unspecified atom stereocenters. The summed E-state index contributed by atoms with van der Waals surface area (Å²) in [7, 11) is 0. The highest BCUT2D eigenvalue weighted by Crippen LogP contribution is 2.27. The minimum Gasteiger partial charge on any atom is -0.345 e. The highest BCUT2D eigenvalue weighted by molar-refractivity contribution is 7.98. The highest BCUT2D eigenvalue weighted by Gasteiger charge is 2.18. The summed E-state index contributed by atoms with van der Waals surface area (Å²) in [5, 5.41) is 23.3. The lowest BCUT2D eigenvalue weighted by Gasteiger charge is -2.12. The van der Waals surface area contributed by atoms with Crippen LogP contribution in [0.1, 0.15) is 32.9 Å². The van der Waals surface area contributed by atoms with E-state index in [1.807, 2.05) is 41.8 Å². The second-order valence-corrected chi connectivity index (χ2v) is 8.66. The van der Waals surface area contributed by atoms with Gasteiger partial charge in [0.15, 0.2) is 11.0 Å². The molecule has 3 aromatic carbocycles. The molecule has 1 amide bonds. The number of aromatic nitrogens is 3. The van der Waals surface area contributed by atoms with Crippen LogP contribution in [-0.2, 0) is 12.3 Å². The number of nitrogens with zero attached hydrogens (tertiary/aromatic N) is 4. The summed E-state index contributed by atoms with van der Waals surface area (Å²) >= 11 is 1.52. The normalized spacial score (nSPS) is 10.8. The molecule has 0 aliphatic heterocycles. The van der Waals surface area contributed by atoms with Crippen molar-refractivity contribution in [1.29, 1.82) is 0 Å². The second-order valence-electron chi connectivity index (χ2n) is 7.72. The van der Waals surface area contributed by atoms with E-state index in [4.69, 9.17) is 0 Å². The molecule has 1 heterocycles. The molecule has 0 bridgehead atoms. The molecule has 0 fully saturated rings. The molecule has 172 valence electrons. The van der Waals surface area contributed by atoms with Crippen molar-refractivity contribution in [3.63, 3.8) is 0 Å². The highest BCUT2D eigenvalue weighted by atomic mass is 32.2. The first kappa shape index (κ1) is 23.2. The Morgan fingerprint density at radius 1 is 0.971 bits per heavy atom. The van der Waals surface area contributed by atoms with Crippen LogP contribution >= 0.6 is 11.8 Å². The molecule has 1 aromatic heterocycles. The van der Waals surface area contributed by atoms with Crippen LogP contribution in [0.3, 0.4) is 0 Å². The van der Waals surface area contributed by atoms with Crippen LogP contribution in [0.25, 0.3) is 5.69 Å². The van der Waals surface area contributed by atoms with Crippen LogP contribution in [0.2, 0.25) is 0 Å². The maximum absolute atomic E-state index is 12.7. The maximum Gasteiger partial charge on any atom is 0.269 e. The summed E-state index contributed by atoms with van der Waals surface area (Å²) in [6, 6.07) is 21.7. The number of benzene rings is 3. The molecule has 0 saturated carbocycles. The number of nitrogens with one attached hydrogen (secondary N) is 1. The fourth-order valence-electron chi connectivity index (χ4n) is 3.49. The molecule has 0 aliphatic rings. The van der Waals surface area contributed by atoms with Crippen LogP contribution in [0.5, 0.6) is 0 Å². The molecular weight excluding hydrogens is 450 g/mol. The van der Waals surface area contributed by atoms with Gasteiger partial charge in [0, 0.05) is 29.1 Å². The Labute approximate surface area is 201 Å². The number of carbonyl (C=O) groups is 1. The zero-order valence-corrected chi connectivity index (χ0v) is 19.6. The Hall–Kier alpha value is -3.98. The SMILES string of the molecule is Cc1ccccc1CSc1nnc(CNC(=O)c2ccccc2C)n1-c1ccc([N+](=O)[O-])cc1. The summed E-state index contributed by atoms with van der Waals surface area (Å²) < 4.78 is 1.82. The molecule has 34 heavy (non-hydrogen) atoms. The van der Waals surface area contributed by atoms with Gasteiger partial charge in [-0.25, -0.2) is 0 Å². The summed E-state index contributed by atoms with van der Waals surface area (Å²) in [6.07, 6.45) is 0. The lowest BCUT2D eigenvalue weighted by atomic mass is 10.1. The number of aryl methyl sites for hydroxylation is 2. The van der Waals surface area contributed by atoms with E-state index in [2.05, 4.69) is 34.6 Å². The van der Waals surface area contributed by atoms with Crippen LogP contribution < -0.4 is 5.32 Å². The fraction of sp³-hybridized carbons (Fsp3) is 0.160. The van der Waals surface area contributed by atoms with Crippen molar-refractivity contribution in [2.45, 2.75) is 31.3 Å². The molecular formula is C25H23N5O3S. The quantitative estimate of drug-likeness (QED) is 0.219. The number of hydrogen-bond acceptors (Lipinski definition) is 6. The molecule has 0 atom stereocenters. The predicted molar refractivity (Wildman–Crippen MR) is 131 cm³/mol. The van der Waals surface area contributed by atoms with Crippen molar-refractivity contribution in [3.05, 3.63) is 111 Å². The number of hydrogen-bond donors (Lipinski definition) is 1. The van der Waals surface area contributed by atoms with Gasteiger partial charge in [-0.2, -0.15) is 0 Å². The Balaban J connectivity index is 1.61. The Bertz CT molecular complexity index is 1330. The molecule has 4 rings (SSSR count). The van der Waals surface area contributed by atoms with Gasteiger partial charge >= 0.3 is 0 Å². The van der Waals surface area contributed by atoms with Gasteiger partial charge in [-0.3, -0.25) is 19.5 Å². The summed E-state index contributed by atoms with van der Waals surface area (Å²) in [6.45, 7) is 4.10. The topological polar surface area (TPSA) is 103 Å². The lowest BCUT2D eigenvalue weighted by Crippen LogP contribution is -2.25. The Morgan fingerprint density at radius 3 is 2.32 bits per heavy atom. The van der Waals surface area contributed by atoms with Crippen molar-refractivity contribution in [1.82, 2.24) is 20.1 Å². The smallest absolute Gasteiger partial charge is 0.269 e. The minimum atomic E-state index is -0.437. The molecule has 0 radical (unpaired) electrons. The van der Waals surface area contributed by atoms with Crippen LogP contribution in [0, 0.1) is 24.0 Å². The average Bonchev–Trinajstić information content (AvgIpc) is 3.25. The third-order valence-corrected chi connectivity index (χ3v) is 6.41. The van der Waals surface area contributed by atoms with Crippen molar-refractivity contribution in [2.75, 3.05) is 0 Å². The Morgan fingerprint density at radius 2 is 1.65 bits per heavy atom. The molecule has 8 nitrogen and oxygen atoms in total. The number of carbonyl (C=O) groups excluding carboxylic acids is 1. The third kappa shape index (κ3) is 5.15. The second kappa shape index (κ2) is 10.3. The fourth-order valence-corrected chi connectivity index (χ4v) is 4.53. The van der Waals surface area contributed by atoms with E-state index in [0.29, 0.717) is 28.0 Å². The van der Waals surface area contributed by atoms with Gasteiger partial charge < -0.3 is 5.32 Å². The van der Waals surface area contributed by atoms with Gasteiger partial charge in [0.25, 0.3) is 11.6 Å². The number of rotatable bonds is 8. The number of amides is 1. The van der Waals surface area contributed by atoms with Crippen molar-refractivity contribution in [3.8, 4) is 5.69 Å². The summed E-state index contributed by atoms with van der Waals surface area (Å²) in [5.41, 5.74) is 4.52. The van der Waals surface area contributed by atoms with Gasteiger partial charge in [0.1, 0.15) is 0 Å². The van der Waals surface area contributed by atoms with Gasteiger partial charge in [-0.1, -0.05) is 54.2 Å². The monoisotopic (exact) mass is 473 g/mol. The number of non-ortho nitro benzene ring substituents is 1. The first-order valence-electron chi connectivity index (χ1n) is 10.6. The van der Waals surface area contributed by atoms with Crippen molar-refractivity contribution < 1.29 is 9.72 Å². The van der Waals surface area contributed by atoms with E-state index >= 15 is 0 Å². The first-order valence-corrected chi connectivity index (χ1v) is 11.6. The van der Waals surface area contributed by atoms with E-state index in [1.54, 1.807) is 18.2 Å². The van der Waals surface area contributed by atoms with Gasteiger partial charge in [0.2, 0.25) is 0 Å². The van der Waals surface area contributed by atoms with E-state index in [9.17, 15) is 14.9 Å². The van der Waals surface area contributed by atoms with E-state index in [-0.39, 0.29) is 18.1 Å². The molecule has 9 heteroatoms. The molecule has 0 saturated heterocycles. The summed E-state index contributed by atoms with van der Waals surface area (Å²) in [4.78, 5) is 23.4. The van der Waals surface area contributed by atoms with Gasteiger partial charge in [-0.15, -0.1) is 10.2 Å². The van der Waals surface area contributed by atoms with Crippen LogP contribution in [0.4, 0.5) is 5.69 Å². The van der Waals surface area contributed by atoms with E-state index < -0.39 is 4.92 Å². The standard InChI is InChI=1S/C25H23N5O3S/c1-17-7-3-5-9-19(17)16-34-25-28-27-23(15-26-24(31)22-10-6-4-8-18(22)2)29(25)20-11-13-21(14-12-20)30(32)33/h3-14H,15-16H2,1-2H3,(H,26,31). The Kier molecular flexibility index (Phi) is 7.03. The lowest BCUT2D eigenvalue weighted by molar-refractivity contribution is -0.384. The third-order valence-electron chi connectivity index (χ3n) is 5.43. The van der Waals surface area contributed by atoms with Crippen molar-refractivity contribution in [2.24, 2.45) is 0 Å². The molecule has 1 N–H and O–H groups in total. The maximum atomic E-state index is 12.7. The molecule has 4 aromatic rings. The van der Waals surface area contributed by atoms with Crippen LogP contribution in [-0.4, -0.2) is 25.6 Å². The number of nitro benzene ring substituents is 1. The van der Waals surface area contributed by atoms with E-state index in [1.165, 1.54) is 35.0 Å². The first-order chi connectivity index (χ1) is 16.4. The number of thioether (sulfide) groups is 1. The molecule has 0 spiro atoms. The van der Waals surface area contributed by atoms with Gasteiger partial charge in [-0.05, 0) is 48.7 Å². The van der Waals surface area contributed by atoms with Gasteiger partial charge in [0.05, 0.1) is 11.5 Å². The molecule has 0 aliphatic carbocycles.